The zero-order chi connectivity index (χ0) is 8.85. The van der Waals surface area contributed by atoms with Gasteiger partial charge in [-0.3, -0.25) is 0 Å². The summed E-state index contributed by atoms with van der Waals surface area (Å²) >= 11 is 0. The first-order valence-corrected chi connectivity index (χ1v) is 4.27. The van der Waals surface area contributed by atoms with Crippen LogP contribution < -0.4 is 0 Å². The molecule has 0 radical (unpaired) electrons. The number of nitrogens with zero attached hydrogens (tertiary/aromatic N) is 1. The van der Waals surface area contributed by atoms with Crippen molar-refractivity contribution in [2.45, 2.75) is 27.7 Å². The second kappa shape index (κ2) is 5.07. The molecule has 0 saturated carbocycles. The molecule has 0 heterocycles. The van der Waals surface area contributed by atoms with Crippen LogP contribution in [-0.4, -0.2) is 18.0 Å². The maximum Gasteiger partial charge on any atom is 0.0283 e. The molecule has 0 rings (SSSR count). The molecular formula is C10H19N. The monoisotopic (exact) mass is 153 g/mol. The molecule has 0 N–H and O–H groups in total. The van der Waals surface area contributed by atoms with E-state index >= 15 is 0 Å². The fraction of sp³-hybridized carbons (Fsp3) is 0.800. The molecule has 0 aliphatic carbocycles. The van der Waals surface area contributed by atoms with Crippen LogP contribution in [0, 0.1) is 24.3 Å². The smallest absolute Gasteiger partial charge is 0.0283 e. The van der Waals surface area contributed by atoms with E-state index in [0.29, 0.717) is 11.8 Å². The molecule has 0 atom stereocenters. The van der Waals surface area contributed by atoms with Crippen LogP contribution in [0.1, 0.15) is 27.7 Å². The molecule has 0 amide bonds. The van der Waals surface area contributed by atoms with Crippen molar-refractivity contribution < 1.29 is 0 Å². The maximum atomic E-state index is 5.35. The number of hydrogen-bond acceptors (Lipinski definition) is 1. The summed E-state index contributed by atoms with van der Waals surface area (Å²) in [5.41, 5.74) is 0. The van der Waals surface area contributed by atoms with E-state index in [1.54, 1.807) is 0 Å². The number of hydrogen-bond donors (Lipinski definition) is 0. The molecule has 1 heteroatoms. The first kappa shape index (κ1) is 10.4. The van der Waals surface area contributed by atoms with E-state index in [9.17, 15) is 0 Å². The lowest BCUT2D eigenvalue weighted by atomic mass is 10.1. The van der Waals surface area contributed by atoms with Gasteiger partial charge in [0.05, 0.1) is 0 Å². The molecule has 0 bridgehead atoms. The van der Waals surface area contributed by atoms with E-state index in [1.165, 1.54) is 0 Å². The summed E-state index contributed by atoms with van der Waals surface area (Å²) in [5, 5.41) is 0. The van der Waals surface area contributed by atoms with Crippen LogP contribution in [0.2, 0.25) is 0 Å². The van der Waals surface area contributed by atoms with Crippen LogP contribution in [0.25, 0.3) is 0 Å². The molecule has 11 heavy (non-hydrogen) atoms. The lowest BCUT2D eigenvalue weighted by Crippen LogP contribution is -2.26. The van der Waals surface area contributed by atoms with Crippen molar-refractivity contribution in [3.8, 4) is 12.5 Å². The SMILES string of the molecule is C#CN(CC(C)C)CC(C)C. The highest BCUT2D eigenvalue weighted by molar-refractivity contribution is 4.85. The summed E-state index contributed by atoms with van der Waals surface area (Å²) in [6.07, 6.45) is 5.35. The lowest BCUT2D eigenvalue weighted by Gasteiger charge is -2.21. The van der Waals surface area contributed by atoms with E-state index in [0.717, 1.165) is 13.1 Å². The largest absolute Gasteiger partial charge is 0.332 e. The lowest BCUT2D eigenvalue weighted by molar-refractivity contribution is 0.313. The number of rotatable bonds is 4. The van der Waals surface area contributed by atoms with E-state index < -0.39 is 0 Å². The highest BCUT2D eigenvalue weighted by Crippen LogP contribution is 2.01. The first-order valence-electron chi connectivity index (χ1n) is 4.27. The average Bonchev–Trinajstić information content (AvgIpc) is 1.84. The van der Waals surface area contributed by atoms with Crippen molar-refractivity contribution in [2.75, 3.05) is 13.1 Å². The minimum atomic E-state index is 0.657. The summed E-state index contributed by atoms with van der Waals surface area (Å²) in [6.45, 7) is 10.8. The van der Waals surface area contributed by atoms with Crippen molar-refractivity contribution in [3.63, 3.8) is 0 Å². The van der Waals surface area contributed by atoms with Crippen LogP contribution in [0.4, 0.5) is 0 Å². The Morgan fingerprint density at radius 1 is 1.09 bits per heavy atom. The van der Waals surface area contributed by atoms with Crippen LogP contribution in [-0.2, 0) is 0 Å². The van der Waals surface area contributed by atoms with Crippen molar-refractivity contribution in [2.24, 2.45) is 11.8 Å². The Labute approximate surface area is 70.8 Å². The predicted octanol–water partition coefficient (Wildman–Crippen LogP) is 2.19. The van der Waals surface area contributed by atoms with Crippen molar-refractivity contribution >= 4 is 0 Å². The Kier molecular flexibility index (Phi) is 4.77. The Hall–Kier alpha value is -0.640. The third kappa shape index (κ3) is 5.79. The molecule has 0 spiro atoms. The molecule has 64 valence electrons. The summed E-state index contributed by atoms with van der Waals surface area (Å²) in [6, 6.07) is 2.70. The third-order valence-electron chi connectivity index (χ3n) is 1.35. The standard InChI is InChI=1S/C10H19N/c1-6-11(7-9(2)3)8-10(4)5/h1,9-10H,7-8H2,2-5H3. The molecule has 0 aromatic heterocycles. The Balaban J connectivity index is 3.70. The second-order valence-corrected chi connectivity index (χ2v) is 3.82. The second-order valence-electron chi connectivity index (χ2n) is 3.82. The first-order chi connectivity index (χ1) is 5.06. The fourth-order valence-corrected chi connectivity index (χ4v) is 1.06. The molecular weight excluding hydrogens is 134 g/mol. The van der Waals surface area contributed by atoms with Gasteiger partial charge in [0.1, 0.15) is 0 Å². The van der Waals surface area contributed by atoms with Crippen LogP contribution in [0.3, 0.4) is 0 Å². The Morgan fingerprint density at radius 2 is 1.45 bits per heavy atom. The van der Waals surface area contributed by atoms with Gasteiger partial charge in [0, 0.05) is 19.1 Å². The van der Waals surface area contributed by atoms with E-state index in [1.807, 2.05) is 0 Å². The van der Waals surface area contributed by atoms with Gasteiger partial charge in [0.15, 0.2) is 0 Å². The van der Waals surface area contributed by atoms with Gasteiger partial charge in [-0.15, -0.1) is 0 Å². The van der Waals surface area contributed by atoms with Gasteiger partial charge >= 0.3 is 0 Å². The van der Waals surface area contributed by atoms with Gasteiger partial charge < -0.3 is 4.90 Å². The predicted molar refractivity (Wildman–Crippen MR) is 50.1 cm³/mol. The average molecular weight is 153 g/mol. The third-order valence-corrected chi connectivity index (χ3v) is 1.35. The summed E-state index contributed by atoms with van der Waals surface area (Å²) in [4.78, 5) is 2.05. The Morgan fingerprint density at radius 3 is 1.64 bits per heavy atom. The van der Waals surface area contributed by atoms with Crippen molar-refractivity contribution in [1.82, 2.24) is 4.90 Å². The van der Waals surface area contributed by atoms with E-state index in [-0.39, 0.29) is 0 Å². The maximum absolute atomic E-state index is 5.35. The topological polar surface area (TPSA) is 3.24 Å². The Bertz CT molecular complexity index is 120. The molecule has 0 aromatic rings. The number of terminal acetylenes is 1. The van der Waals surface area contributed by atoms with Gasteiger partial charge in [-0.2, -0.15) is 0 Å². The van der Waals surface area contributed by atoms with E-state index in [2.05, 4.69) is 38.6 Å². The fourth-order valence-electron chi connectivity index (χ4n) is 1.06. The van der Waals surface area contributed by atoms with Gasteiger partial charge in [-0.25, -0.2) is 0 Å². The summed E-state index contributed by atoms with van der Waals surface area (Å²) < 4.78 is 0. The zero-order valence-electron chi connectivity index (χ0n) is 8.09. The molecule has 0 fully saturated rings. The highest BCUT2D eigenvalue weighted by Gasteiger charge is 2.04. The van der Waals surface area contributed by atoms with Crippen LogP contribution >= 0.6 is 0 Å². The minimum Gasteiger partial charge on any atom is -0.332 e. The summed E-state index contributed by atoms with van der Waals surface area (Å²) in [7, 11) is 0. The van der Waals surface area contributed by atoms with Crippen LogP contribution in [0.15, 0.2) is 0 Å². The molecule has 1 nitrogen and oxygen atoms in total. The molecule has 0 unspecified atom stereocenters. The summed E-state index contributed by atoms with van der Waals surface area (Å²) in [5.74, 6) is 1.31. The van der Waals surface area contributed by atoms with Gasteiger partial charge in [-0.1, -0.05) is 34.1 Å². The molecule has 0 saturated heterocycles. The highest BCUT2D eigenvalue weighted by atomic mass is 15.1. The molecule has 0 aromatic carbocycles. The minimum absolute atomic E-state index is 0.657. The van der Waals surface area contributed by atoms with Gasteiger partial charge in [-0.05, 0) is 11.8 Å². The van der Waals surface area contributed by atoms with Crippen molar-refractivity contribution in [3.05, 3.63) is 0 Å². The van der Waals surface area contributed by atoms with E-state index in [4.69, 9.17) is 6.42 Å². The molecule has 0 aliphatic heterocycles. The zero-order valence-corrected chi connectivity index (χ0v) is 8.09. The quantitative estimate of drug-likeness (QED) is 0.442. The van der Waals surface area contributed by atoms with Crippen LogP contribution in [0.5, 0.6) is 0 Å². The molecule has 0 aliphatic rings. The van der Waals surface area contributed by atoms with Crippen molar-refractivity contribution in [1.29, 1.82) is 0 Å². The normalized spacial score (nSPS) is 10.3. The van der Waals surface area contributed by atoms with Gasteiger partial charge in [0.2, 0.25) is 0 Å². The van der Waals surface area contributed by atoms with Gasteiger partial charge in [0.25, 0.3) is 0 Å².